The molecule has 0 amide bonds. The third kappa shape index (κ3) is 17.7. The molecule has 0 spiro atoms. The highest BCUT2D eigenvalue weighted by molar-refractivity contribution is 9.11. The normalized spacial score (nSPS) is 19.6. The average Bonchev–Trinajstić information content (AvgIpc) is 0.747. The lowest BCUT2D eigenvalue weighted by atomic mass is 9.68. The highest BCUT2D eigenvalue weighted by Gasteiger charge is 2.46. The number of methoxy groups -OCH3 is 1. The Balaban J connectivity index is 0.000000126. The van der Waals surface area contributed by atoms with Crippen LogP contribution in [0.3, 0.4) is 0 Å². The summed E-state index contributed by atoms with van der Waals surface area (Å²) < 4.78 is 15.7. The van der Waals surface area contributed by atoms with Gasteiger partial charge in [0.2, 0.25) is 0 Å². The van der Waals surface area contributed by atoms with Gasteiger partial charge in [0.25, 0.3) is 0 Å². The Morgan fingerprint density at radius 3 is 1.03 bits per heavy atom. The summed E-state index contributed by atoms with van der Waals surface area (Å²) in [6.45, 7) is 17.5. The number of hydrogen-bond donors (Lipinski definition) is 4. The van der Waals surface area contributed by atoms with E-state index in [4.69, 9.17) is 9.47 Å². The van der Waals surface area contributed by atoms with E-state index in [1.807, 2.05) is 105 Å². The number of carbonyl (C=O) groups is 4. The van der Waals surface area contributed by atoms with Crippen LogP contribution in [-0.4, -0.2) is 86.6 Å². The van der Waals surface area contributed by atoms with Crippen LogP contribution in [0.25, 0.3) is 33.1 Å². The van der Waals surface area contributed by atoms with Gasteiger partial charge in [0.1, 0.15) is 17.2 Å². The minimum absolute atomic E-state index is 0.000279. The van der Waals surface area contributed by atoms with Gasteiger partial charge in [0.05, 0.1) is 59.7 Å². The number of ether oxygens (including phenoxy) is 2. The maximum Gasteiger partial charge on any atom is 0.162 e. The predicted molar refractivity (Wildman–Crippen MR) is 515 cm³/mol. The number of nitrogens with zero attached hydrogens (tertiary/aromatic N) is 4. The van der Waals surface area contributed by atoms with Crippen LogP contribution >= 0.6 is 63.7 Å². The molecule has 4 atom stereocenters. The highest BCUT2D eigenvalue weighted by atomic mass is 79.9. The summed E-state index contributed by atoms with van der Waals surface area (Å²) >= 11 is 14.9. The summed E-state index contributed by atoms with van der Waals surface area (Å²) in [5, 5.41) is 17.1. The molecule has 18 rings (SSSR count). The number of nitrogens with one attached hydrogen (secondary N) is 4. The van der Waals surface area contributed by atoms with Gasteiger partial charge in [0, 0.05) is 167 Å². The molecule has 4 aliphatic heterocycles. The first-order chi connectivity index (χ1) is 57.4. The minimum atomic E-state index is -0.181. The topological polar surface area (TPSA) is 148 Å². The van der Waals surface area contributed by atoms with Crippen molar-refractivity contribution >= 4 is 165 Å². The quantitative estimate of drug-likeness (QED) is 0.0973. The third-order valence-corrected chi connectivity index (χ3v) is 27.1. The number of allylic oxidation sites excluding steroid dienone is 4. The third-order valence-electron chi connectivity index (χ3n) is 24.5. The van der Waals surface area contributed by atoms with E-state index in [2.05, 4.69) is 312 Å². The standard InChI is InChI=1S/C29H29BrN2O2.C27H27BrN2O.C24H27BrN2O2.C23H25BrN2O/c1-29(2)16-22-21-15-20(34-19-8-6-5-7-9-19)11-12-24(21)31-28(27(22)26(33)17-29)18-10-13-25(32(3)4)23(30)14-18;1-27(2)14-20-19-11-9-16-7-5-6-8-18(16)26(19)29-25(24(20)23(31)15-27)17-10-12-22(30(3)4)21(28)13-17;1-24(2)12-17-16-11-15(29-5)7-8-19(16)26-23(22(17)21(28)13-24)14-6-9-20(27(3)4)18(25)10-14;1-23(2)12-16-15-7-5-6-8-18(15)25-22(21(16)20(27)13-23)14-9-10-19(26(3)4)17(24)11-14/h5-15,28,31H,16-17H2,1-4H3;5-13,25,29H,14-15H2,1-4H3;6-11,23,26H,12-13H2,1-5H3;5-11,22,25H,12-13H2,1-4H3. The Hall–Kier alpha value is -9.98. The number of benzene rings is 10. The number of ketones is 4. The van der Waals surface area contributed by atoms with Gasteiger partial charge in [0.15, 0.2) is 23.1 Å². The molecule has 4 aliphatic carbocycles. The smallest absolute Gasteiger partial charge is 0.162 e. The molecule has 14 nitrogen and oxygen atoms in total. The molecule has 4 heterocycles. The average molecular weight is 1870 g/mol. The van der Waals surface area contributed by atoms with Gasteiger partial charge in [-0.05, 0) is 264 Å². The monoisotopic (exact) mass is 1870 g/mol. The molecule has 0 radical (unpaired) electrons. The van der Waals surface area contributed by atoms with Crippen LogP contribution < -0.4 is 50.3 Å². The molecule has 4 N–H and O–H groups in total. The molecule has 8 aliphatic rings. The molecule has 0 fully saturated rings. The first kappa shape index (κ1) is 86.0. The zero-order chi connectivity index (χ0) is 86.2. The van der Waals surface area contributed by atoms with Crippen LogP contribution in [0.4, 0.5) is 45.5 Å². The molecule has 4 unspecified atom stereocenters. The Bertz CT molecular complexity index is 5970. The fraction of sp³-hybridized carbons (Fsp3) is 0.320. The molecular formula is C103H108Br4N8O6. The lowest BCUT2D eigenvalue weighted by Gasteiger charge is -2.40. The molecule has 10 aromatic rings. The summed E-state index contributed by atoms with van der Waals surface area (Å²) in [5.74, 6) is 3.35. The second-order valence-corrected chi connectivity index (χ2v) is 40.8. The predicted octanol–water partition coefficient (Wildman–Crippen LogP) is 26.3. The summed E-state index contributed by atoms with van der Waals surface area (Å²) in [5.41, 5.74) is 25.9. The van der Waals surface area contributed by atoms with Crippen LogP contribution in [0.5, 0.6) is 17.2 Å². The second-order valence-electron chi connectivity index (χ2n) is 37.4. The van der Waals surface area contributed by atoms with Crippen LogP contribution in [-0.2, 0) is 19.2 Å². The Kier molecular flexibility index (Phi) is 24.2. The van der Waals surface area contributed by atoms with Crippen LogP contribution in [0.2, 0.25) is 0 Å². The second kappa shape index (κ2) is 34.0. The van der Waals surface area contributed by atoms with E-state index in [9.17, 15) is 19.2 Å². The Morgan fingerprint density at radius 1 is 0.314 bits per heavy atom. The van der Waals surface area contributed by atoms with E-state index in [1.165, 1.54) is 33.0 Å². The molecule has 0 saturated heterocycles. The molecule has 0 bridgehead atoms. The molecule has 0 aromatic heterocycles. The van der Waals surface area contributed by atoms with Crippen molar-refractivity contribution < 1.29 is 28.7 Å². The van der Waals surface area contributed by atoms with Gasteiger partial charge >= 0.3 is 0 Å². The maximum absolute atomic E-state index is 13.5. The van der Waals surface area contributed by atoms with Gasteiger partial charge in [-0.1, -0.05) is 152 Å². The first-order valence-electron chi connectivity index (χ1n) is 41.6. The molecule has 624 valence electrons. The van der Waals surface area contributed by atoms with E-state index < -0.39 is 0 Å². The minimum Gasteiger partial charge on any atom is -0.497 e. The van der Waals surface area contributed by atoms with E-state index >= 15 is 0 Å². The van der Waals surface area contributed by atoms with Gasteiger partial charge in [-0.3, -0.25) is 19.2 Å². The number of para-hydroxylation sites is 2. The SMILES string of the molecule is CN(C)c1ccc(C2Nc3c(ccc4ccccc34)C3=C2C(=O)CC(C)(C)C3)cc1Br.CN(C)c1ccc(C2Nc3ccc(Oc4ccccc4)cc3C3=C2C(=O)CC(C)(C)C3)cc1Br.CN(C)c1ccc(C2Nc3ccccc3C3=C2C(=O)CC(C)(C)C3)cc1Br.COc1ccc2c(c1)C1=C(C(=O)CC(C)(C)C1)C(c1ccc(N(C)C)c(Br)c1)N2. The summed E-state index contributed by atoms with van der Waals surface area (Å²) in [6, 6.07) is 68.1. The number of carbonyl (C=O) groups excluding carboxylic acids is 4. The fourth-order valence-electron chi connectivity index (χ4n) is 19.0. The van der Waals surface area contributed by atoms with Crippen molar-refractivity contribution in [3.8, 4) is 17.2 Å². The van der Waals surface area contributed by atoms with Gasteiger partial charge in [-0.15, -0.1) is 0 Å². The lowest BCUT2D eigenvalue weighted by molar-refractivity contribution is -0.118. The zero-order valence-corrected chi connectivity index (χ0v) is 78.6. The van der Waals surface area contributed by atoms with Crippen molar-refractivity contribution in [3.05, 3.63) is 285 Å². The van der Waals surface area contributed by atoms with Crippen molar-refractivity contribution in [3.63, 3.8) is 0 Å². The number of rotatable bonds is 11. The number of anilines is 8. The number of Topliss-reactive ketones (excluding diaryl/α,β-unsaturated/α-hetero) is 4. The van der Waals surface area contributed by atoms with Crippen molar-refractivity contribution in [1.29, 1.82) is 0 Å². The van der Waals surface area contributed by atoms with Crippen LogP contribution in [0.1, 0.15) is 175 Å². The van der Waals surface area contributed by atoms with E-state index in [-0.39, 0.29) is 69.0 Å². The van der Waals surface area contributed by atoms with Crippen molar-refractivity contribution in [2.24, 2.45) is 21.7 Å². The van der Waals surface area contributed by atoms with Crippen LogP contribution in [0.15, 0.2) is 240 Å². The number of hydrogen-bond acceptors (Lipinski definition) is 14. The van der Waals surface area contributed by atoms with Crippen molar-refractivity contribution in [2.75, 3.05) is 104 Å². The van der Waals surface area contributed by atoms with Gasteiger partial charge in [-0.2, -0.15) is 0 Å². The molecule has 121 heavy (non-hydrogen) atoms. The fourth-order valence-corrected chi connectivity index (χ4v) is 22.0. The number of fused-ring (bicyclic) bond motifs is 10. The Labute approximate surface area is 747 Å². The highest BCUT2D eigenvalue weighted by Crippen LogP contribution is 2.57. The number of halogens is 4. The first-order valence-corrected chi connectivity index (χ1v) is 44.8. The molecular weight excluding hydrogens is 1760 g/mol. The van der Waals surface area contributed by atoms with Crippen molar-refractivity contribution in [2.45, 2.75) is 131 Å². The van der Waals surface area contributed by atoms with Crippen LogP contribution in [0, 0.1) is 21.7 Å². The van der Waals surface area contributed by atoms with Gasteiger partial charge < -0.3 is 50.3 Å². The van der Waals surface area contributed by atoms with Gasteiger partial charge in [-0.25, -0.2) is 0 Å². The summed E-state index contributed by atoms with van der Waals surface area (Å²) in [7, 11) is 17.9. The maximum atomic E-state index is 13.5. The summed E-state index contributed by atoms with van der Waals surface area (Å²) in [4.78, 5) is 61.8. The van der Waals surface area contributed by atoms with Crippen molar-refractivity contribution in [1.82, 2.24) is 0 Å². The van der Waals surface area contributed by atoms with E-state index in [1.54, 1.807) is 7.11 Å². The molecule has 0 saturated carbocycles. The molecule has 18 heteroatoms. The lowest BCUT2D eigenvalue weighted by Crippen LogP contribution is -2.33. The largest absolute Gasteiger partial charge is 0.497 e. The Morgan fingerprint density at radius 2 is 0.645 bits per heavy atom. The molecule has 10 aromatic carbocycles. The summed E-state index contributed by atoms with van der Waals surface area (Å²) in [6.07, 6.45) is 5.88. The zero-order valence-electron chi connectivity index (χ0n) is 72.3. The van der Waals surface area contributed by atoms with E-state index in [0.717, 1.165) is 173 Å². The van der Waals surface area contributed by atoms with E-state index in [0.29, 0.717) is 25.7 Å².